The molecule has 2 unspecified atom stereocenters. The van der Waals surface area contributed by atoms with E-state index in [2.05, 4.69) is 0 Å². The van der Waals surface area contributed by atoms with Gasteiger partial charge in [0.25, 0.3) is 5.56 Å². The number of ether oxygens (including phenoxy) is 1. The summed E-state index contributed by atoms with van der Waals surface area (Å²) in [5.41, 5.74) is -2.69. The van der Waals surface area contributed by atoms with Crippen molar-refractivity contribution in [2.24, 2.45) is 0 Å². The molecular weight excluding hydrogens is 238 g/mol. The fourth-order valence-corrected chi connectivity index (χ4v) is 1.98. The van der Waals surface area contributed by atoms with Crippen LogP contribution in [0.3, 0.4) is 0 Å². The first kappa shape index (κ1) is 12.5. The van der Waals surface area contributed by atoms with E-state index in [4.69, 9.17) is 10.00 Å². The summed E-state index contributed by atoms with van der Waals surface area (Å²) in [6.07, 6.45) is 1.16. The van der Waals surface area contributed by atoms with Gasteiger partial charge < -0.3 is 9.84 Å². The zero-order chi connectivity index (χ0) is 13.3. The van der Waals surface area contributed by atoms with Crippen molar-refractivity contribution in [1.82, 2.24) is 9.55 Å². The Bertz CT molecular complexity index is 612. The Labute approximate surface area is 102 Å². The molecule has 1 saturated heterocycles. The smallest absolute Gasteiger partial charge is 0.328 e. The first-order chi connectivity index (χ1) is 8.46. The largest absolute Gasteiger partial charge is 0.385 e. The van der Waals surface area contributed by atoms with E-state index in [1.807, 2.05) is 4.98 Å². The molecule has 1 aliphatic heterocycles. The molecule has 1 aliphatic rings. The van der Waals surface area contributed by atoms with Gasteiger partial charge in [-0.2, -0.15) is 5.26 Å². The topological polar surface area (TPSA) is 108 Å². The Morgan fingerprint density at radius 3 is 3.00 bits per heavy atom. The fourth-order valence-electron chi connectivity index (χ4n) is 1.98. The van der Waals surface area contributed by atoms with Crippen LogP contribution in [0.15, 0.2) is 15.8 Å². The minimum absolute atomic E-state index is 0.0154. The van der Waals surface area contributed by atoms with Gasteiger partial charge in [-0.15, -0.1) is 0 Å². The van der Waals surface area contributed by atoms with Crippen LogP contribution in [-0.2, 0) is 11.3 Å². The first-order valence-electron chi connectivity index (χ1n) is 5.54. The lowest BCUT2D eigenvalue weighted by Crippen LogP contribution is -2.44. The van der Waals surface area contributed by atoms with Gasteiger partial charge in [0.1, 0.15) is 17.2 Å². The first-order valence-corrected chi connectivity index (χ1v) is 5.54. The van der Waals surface area contributed by atoms with Crippen LogP contribution in [0.5, 0.6) is 0 Å². The van der Waals surface area contributed by atoms with Gasteiger partial charge in [0.15, 0.2) is 0 Å². The molecule has 0 amide bonds. The van der Waals surface area contributed by atoms with E-state index < -0.39 is 23.0 Å². The van der Waals surface area contributed by atoms with Gasteiger partial charge in [-0.1, -0.05) is 0 Å². The summed E-state index contributed by atoms with van der Waals surface area (Å²) in [6, 6.07) is 1.70. The van der Waals surface area contributed by atoms with E-state index in [0.717, 1.165) is 10.8 Å². The molecule has 2 heterocycles. The van der Waals surface area contributed by atoms with E-state index in [9.17, 15) is 14.7 Å². The fraction of sp³-hybridized carbons (Fsp3) is 0.545. The van der Waals surface area contributed by atoms with Crippen molar-refractivity contribution < 1.29 is 9.84 Å². The second-order valence-corrected chi connectivity index (χ2v) is 4.41. The molecule has 18 heavy (non-hydrogen) atoms. The highest BCUT2D eigenvalue weighted by Gasteiger charge is 2.40. The Morgan fingerprint density at radius 2 is 2.44 bits per heavy atom. The molecule has 96 valence electrons. The highest BCUT2D eigenvalue weighted by atomic mass is 16.5. The lowest BCUT2D eigenvalue weighted by atomic mass is 9.96. The third-order valence-electron chi connectivity index (χ3n) is 3.24. The number of nitrogens with one attached hydrogen (secondary N) is 1. The van der Waals surface area contributed by atoms with Crippen LogP contribution in [0.2, 0.25) is 0 Å². The van der Waals surface area contributed by atoms with Crippen molar-refractivity contribution in [3.63, 3.8) is 0 Å². The van der Waals surface area contributed by atoms with Gasteiger partial charge >= 0.3 is 5.69 Å². The number of nitrogens with zero attached hydrogens (tertiary/aromatic N) is 2. The average molecular weight is 251 g/mol. The van der Waals surface area contributed by atoms with Crippen LogP contribution in [0, 0.1) is 11.3 Å². The molecule has 7 nitrogen and oxygen atoms in total. The Balaban J connectivity index is 2.39. The average Bonchev–Trinajstić information content (AvgIpc) is 2.63. The number of nitriles is 1. The molecule has 7 heteroatoms. The van der Waals surface area contributed by atoms with Crippen LogP contribution in [0.25, 0.3) is 0 Å². The summed E-state index contributed by atoms with van der Waals surface area (Å²) in [4.78, 5) is 24.9. The van der Waals surface area contributed by atoms with Gasteiger partial charge in [-0.25, -0.2) is 4.79 Å². The number of aromatic amines is 1. The van der Waals surface area contributed by atoms with E-state index in [0.29, 0.717) is 13.0 Å². The normalized spacial score (nSPS) is 27.1. The summed E-state index contributed by atoms with van der Waals surface area (Å²) in [5.74, 6) is 0. The zero-order valence-corrected chi connectivity index (χ0v) is 9.84. The van der Waals surface area contributed by atoms with E-state index in [1.165, 1.54) is 0 Å². The Morgan fingerprint density at radius 1 is 1.72 bits per heavy atom. The minimum Gasteiger partial charge on any atom is -0.385 e. The van der Waals surface area contributed by atoms with Crippen molar-refractivity contribution in [3.8, 4) is 6.07 Å². The summed E-state index contributed by atoms with van der Waals surface area (Å²) in [6.45, 7) is 2.12. The number of aromatic nitrogens is 2. The summed E-state index contributed by atoms with van der Waals surface area (Å²) < 4.78 is 6.39. The van der Waals surface area contributed by atoms with Gasteiger partial charge in [0, 0.05) is 19.2 Å². The second-order valence-electron chi connectivity index (χ2n) is 4.41. The molecule has 1 aromatic rings. The number of hydrogen-bond donors (Lipinski definition) is 2. The second kappa shape index (κ2) is 4.40. The number of aliphatic hydroxyl groups is 1. The third-order valence-corrected chi connectivity index (χ3v) is 3.24. The number of H-pyrrole nitrogens is 1. The van der Waals surface area contributed by atoms with Crippen LogP contribution in [0.4, 0.5) is 0 Å². The van der Waals surface area contributed by atoms with Gasteiger partial charge in [-0.3, -0.25) is 14.3 Å². The van der Waals surface area contributed by atoms with Crippen LogP contribution in [-0.4, -0.2) is 33.0 Å². The Kier molecular flexibility index (Phi) is 3.07. The molecule has 0 aromatic carbocycles. The molecule has 1 fully saturated rings. The summed E-state index contributed by atoms with van der Waals surface area (Å²) in [7, 11) is 0. The minimum atomic E-state index is -1.16. The highest BCUT2D eigenvalue weighted by Crippen LogP contribution is 2.26. The van der Waals surface area contributed by atoms with Gasteiger partial charge in [0.2, 0.25) is 0 Å². The molecule has 2 N–H and O–H groups in total. The number of hydrogen-bond acceptors (Lipinski definition) is 5. The van der Waals surface area contributed by atoms with Crippen LogP contribution < -0.4 is 11.2 Å². The SMILES string of the molecule is CC1OCCC1(O)Cn1cc(C#N)c(=O)[nH]c1=O. The van der Waals surface area contributed by atoms with E-state index in [1.54, 1.807) is 13.0 Å². The molecular formula is C11H13N3O4. The Hall–Kier alpha value is -1.91. The third kappa shape index (κ3) is 2.08. The summed E-state index contributed by atoms with van der Waals surface area (Å²) in [5, 5.41) is 19.0. The summed E-state index contributed by atoms with van der Waals surface area (Å²) >= 11 is 0. The molecule has 0 radical (unpaired) electrons. The molecule has 2 rings (SSSR count). The van der Waals surface area contributed by atoms with Crippen molar-refractivity contribution in [2.75, 3.05) is 6.61 Å². The monoisotopic (exact) mass is 251 g/mol. The standard InChI is InChI=1S/C11H13N3O4/c1-7-11(17,2-3-18-7)6-14-5-8(4-12)9(15)13-10(14)16/h5,7,17H,2-3,6H2,1H3,(H,13,15,16). The molecule has 0 saturated carbocycles. The van der Waals surface area contributed by atoms with Gasteiger partial charge in [-0.05, 0) is 6.92 Å². The van der Waals surface area contributed by atoms with E-state index >= 15 is 0 Å². The van der Waals surface area contributed by atoms with Crippen LogP contribution in [0.1, 0.15) is 18.9 Å². The molecule has 0 bridgehead atoms. The number of rotatable bonds is 2. The maximum Gasteiger partial charge on any atom is 0.328 e. The molecule has 1 aromatic heterocycles. The van der Waals surface area contributed by atoms with Gasteiger partial charge in [0.05, 0.1) is 12.6 Å². The van der Waals surface area contributed by atoms with Crippen molar-refractivity contribution in [1.29, 1.82) is 5.26 Å². The van der Waals surface area contributed by atoms with E-state index in [-0.39, 0.29) is 12.1 Å². The maximum atomic E-state index is 11.6. The predicted molar refractivity (Wildman–Crippen MR) is 61.0 cm³/mol. The molecule has 2 atom stereocenters. The van der Waals surface area contributed by atoms with Crippen molar-refractivity contribution >= 4 is 0 Å². The van der Waals surface area contributed by atoms with Crippen molar-refractivity contribution in [3.05, 3.63) is 32.6 Å². The molecule has 0 spiro atoms. The molecule has 0 aliphatic carbocycles. The zero-order valence-electron chi connectivity index (χ0n) is 9.84. The lowest BCUT2D eigenvalue weighted by molar-refractivity contribution is -0.0396. The highest BCUT2D eigenvalue weighted by molar-refractivity contribution is 5.21. The predicted octanol–water partition coefficient (Wildman–Crippen LogP) is -1.05. The van der Waals surface area contributed by atoms with Crippen LogP contribution >= 0.6 is 0 Å². The maximum absolute atomic E-state index is 11.6. The lowest BCUT2D eigenvalue weighted by Gasteiger charge is -2.26. The quantitative estimate of drug-likeness (QED) is 0.697. The van der Waals surface area contributed by atoms with Crippen molar-refractivity contribution in [2.45, 2.75) is 31.6 Å².